The molecule has 1 saturated carbocycles. The highest BCUT2D eigenvalue weighted by atomic mass is 32.2. The van der Waals surface area contributed by atoms with Crippen molar-refractivity contribution in [1.29, 1.82) is 0 Å². The molecule has 1 aromatic heterocycles. The number of aliphatic hydroxyl groups excluding tert-OH is 1. The maximum absolute atomic E-state index is 12.2. The molecule has 0 aliphatic heterocycles. The number of furan rings is 1. The predicted octanol–water partition coefficient (Wildman–Crippen LogP) is 1.23. The summed E-state index contributed by atoms with van der Waals surface area (Å²) in [4.78, 5) is 2.33. The van der Waals surface area contributed by atoms with Crippen LogP contribution in [0.3, 0.4) is 0 Å². The highest BCUT2D eigenvalue weighted by Gasteiger charge is 2.22. The second-order valence-electron chi connectivity index (χ2n) is 5.61. The molecule has 21 heavy (non-hydrogen) atoms. The zero-order valence-electron chi connectivity index (χ0n) is 12.6. The van der Waals surface area contributed by atoms with Crippen molar-refractivity contribution in [1.82, 2.24) is 9.62 Å². The van der Waals surface area contributed by atoms with Gasteiger partial charge in [0.15, 0.2) is 0 Å². The number of aryl methyl sites for hydroxylation is 1. The third-order valence-electron chi connectivity index (χ3n) is 4.07. The first-order valence-electron chi connectivity index (χ1n) is 7.34. The van der Waals surface area contributed by atoms with E-state index < -0.39 is 10.0 Å². The fourth-order valence-corrected chi connectivity index (χ4v) is 4.05. The van der Waals surface area contributed by atoms with Gasteiger partial charge in [0.2, 0.25) is 10.0 Å². The predicted molar refractivity (Wildman–Crippen MR) is 79.4 cm³/mol. The van der Waals surface area contributed by atoms with Gasteiger partial charge in [0.25, 0.3) is 0 Å². The molecule has 1 aliphatic carbocycles. The average Bonchev–Trinajstić information content (AvgIpc) is 3.07. The van der Waals surface area contributed by atoms with E-state index in [1.807, 2.05) is 7.05 Å². The molecule has 2 N–H and O–H groups in total. The highest BCUT2D eigenvalue weighted by molar-refractivity contribution is 7.89. The van der Waals surface area contributed by atoms with Gasteiger partial charge in [0.1, 0.15) is 23.0 Å². The van der Waals surface area contributed by atoms with Gasteiger partial charge in [-0.2, -0.15) is 0 Å². The second kappa shape index (κ2) is 6.91. The fourth-order valence-electron chi connectivity index (χ4n) is 2.83. The molecule has 0 saturated heterocycles. The van der Waals surface area contributed by atoms with Gasteiger partial charge in [-0.1, -0.05) is 12.8 Å². The number of aliphatic hydroxyl groups is 1. The lowest BCUT2D eigenvalue weighted by Gasteiger charge is -2.23. The lowest BCUT2D eigenvalue weighted by molar-refractivity contribution is 0.244. The molecule has 0 spiro atoms. The largest absolute Gasteiger partial charge is 0.462 e. The van der Waals surface area contributed by atoms with Crippen molar-refractivity contribution in [3.05, 3.63) is 17.6 Å². The quantitative estimate of drug-likeness (QED) is 0.790. The molecule has 6 nitrogen and oxygen atoms in total. The summed E-state index contributed by atoms with van der Waals surface area (Å²) in [5.74, 6) is 0.562. The Morgan fingerprint density at radius 2 is 2.10 bits per heavy atom. The summed E-state index contributed by atoms with van der Waals surface area (Å²) in [5, 5.41) is 9.00. The van der Waals surface area contributed by atoms with Crippen molar-refractivity contribution in [2.75, 3.05) is 20.1 Å². The lowest BCUT2D eigenvalue weighted by Crippen LogP contribution is -2.37. The molecule has 0 atom stereocenters. The van der Waals surface area contributed by atoms with Crippen molar-refractivity contribution >= 4 is 10.0 Å². The van der Waals surface area contributed by atoms with Gasteiger partial charge >= 0.3 is 0 Å². The van der Waals surface area contributed by atoms with E-state index in [1.165, 1.54) is 31.7 Å². The molecule has 1 aliphatic rings. The molecule has 2 rings (SSSR count). The van der Waals surface area contributed by atoms with E-state index in [1.54, 1.807) is 6.92 Å². The number of hydrogen-bond acceptors (Lipinski definition) is 5. The van der Waals surface area contributed by atoms with Gasteiger partial charge in [0, 0.05) is 25.2 Å². The van der Waals surface area contributed by atoms with Crippen LogP contribution in [0.25, 0.3) is 0 Å². The van der Waals surface area contributed by atoms with E-state index in [0.717, 1.165) is 0 Å². The smallest absolute Gasteiger partial charge is 0.244 e. The van der Waals surface area contributed by atoms with Crippen molar-refractivity contribution in [3.63, 3.8) is 0 Å². The molecule has 0 radical (unpaired) electrons. The Labute approximate surface area is 126 Å². The monoisotopic (exact) mass is 316 g/mol. The van der Waals surface area contributed by atoms with Gasteiger partial charge in [0.05, 0.1) is 0 Å². The summed E-state index contributed by atoms with van der Waals surface area (Å²) in [6, 6.07) is 1.95. The summed E-state index contributed by atoms with van der Waals surface area (Å²) in [5.41, 5.74) is 0. The number of nitrogens with one attached hydrogen (secondary N) is 1. The Bertz CT molecular complexity index is 562. The molecule has 7 heteroatoms. The van der Waals surface area contributed by atoms with Crippen LogP contribution in [0.5, 0.6) is 0 Å². The fraction of sp³-hybridized carbons (Fsp3) is 0.714. The molecule has 1 aromatic rings. The van der Waals surface area contributed by atoms with Crippen LogP contribution in [0.15, 0.2) is 15.4 Å². The van der Waals surface area contributed by atoms with E-state index in [0.29, 0.717) is 24.9 Å². The molecule has 0 aromatic carbocycles. The maximum atomic E-state index is 12.2. The van der Waals surface area contributed by atoms with Gasteiger partial charge in [-0.15, -0.1) is 0 Å². The summed E-state index contributed by atoms with van der Waals surface area (Å²) in [7, 11) is -1.54. The Hall–Kier alpha value is -0.890. The normalized spacial score (nSPS) is 17.0. The van der Waals surface area contributed by atoms with E-state index >= 15 is 0 Å². The number of likely N-dealkylation sites (N-methyl/N-ethyl adjacent to an activating group) is 1. The molecular formula is C14H24N2O4S. The van der Waals surface area contributed by atoms with E-state index in [4.69, 9.17) is 9.52 Å². The number of nitrogens with zero attached hydrogens (tertiary/aromatic N) is 1. The first kappa shape index (κ1) is 16.5. The number of rotatable bonds is 7. The van der Waals surface area contributed by atoms with Crippen molar-refractivity contribution in [2.24, 2.45) is 0 Å². The summed E-state index contributed by atoms with van der Waals surface area (Å²) >= 11 is 0. The maximum Gasteiger partial charge on any atom is 0.244 e. The van der Waals surface area contributed by atoms with Gasteiger partial charge in [-0.3, -0.25) is 0 Å². The lowest BCUT2D eigenvalue weighted by atomic mass is 10.2. The van der Waals surface area contributed by atoms with Crippen LogP contribution >= 0.6 is 0 Å². The summed E-state index contributed by atoms with van der Waals surface area (Å²) in [6.07, 6.45) is 4.92. The topological polar surface area (TPSA) is 82.8 Å². The molecule has 0 amide bonds. The molecule has 120 valence electrons. The van der Waals surface area contributed by atoms with Gasteiger partial charge in [-0.25, -0.2) is 13.1 Å². The third-order valence-corrected chi connectivity index (χ3v) is 5.64. The number of sulfonamides is 1. The van der Waals surface area contributed by atoms with Crippen LogP contribution in [0.1, 0.15) is 37.2 Å². The van der Waals surface area contributed by atoms with E-state index in [-0.39, 0.29) is 17.3 Å². The minimum atomic E-state index is -3.58. The first-order valence-corrected chi connectivity index (χ1v) is 8.82. The van der Waals surface area contributed by atoms with Crippen molar-refractivity contribution < 1.29 is 17.9 Å². The van der Waals surface area contributed by atoms with Crippen molar-refractivity contribution in [2.45, 2.75) is 50.2 Å². The Morgan fingerprint density at radius 1 is 1.43 bits per heavy atom. The second-order valence-corrected chi connectivity index (χ2v) is 7.34. The van der Waals surface area contributed by atoms with Crippen LogP contribution in [-0.4, -0.2) is 44.6 Å². The molecular weight excluding hydrogens is 292 g/mol. The molecule has 0 bridgehead atoms. The van der Waals surface area contributed by atoms with Crippen LogP contribution in [0.4, 0.5) is 0 Å². The highest BCUT2D eigenvalue weighted by Crippen LogP contribution is 2.22. The molecule has 1 fully saturated rings. The zero-order valence-corrected chi connectivity index (χ0v) is 13.4. The Balaban J connectivity index is 1.90. The minimum Gasteiger partial charge on any atom is -0.462 e. The molecule has 1 heterocycles. The minimum absolute atomic E-state index is 0.107. The zero-order chi connectivity index (χ0) is 15.5. The Kier molecular flexibility index (Phi) is 5.43. The Morgan fingerprint density at radius 3 is 2.67 bits per heavy atom. The summed E-state index contributed by atoms with van der Waals surface area (Å²) < 4.78 is 32.2. The standard InChI is InChI=1S/C14H24N2O4S/c1-11-14(9-13(10-17)20-11)21(18,19)15-7-8-16(2)12-5-3-4-6-12/h9,12,15,17H,3-8,10H2,1-2H3. The van der Waals surface area contributed by atoms with Crippen LogP contribution in [0.2, 0.25) is 0 Å². The van der Waals surface area contributed by atoms with E-state index in [9.17, 15) is 8.42 Å². The van der Waals surface area contributed by atoms with Crippen molar-refractivity contribution in [3.8, 4) is 0 Å². The van der Waals surface area contributed by atoms with Gasteiger partial charge in [-0.05, 0) is 26.8 Å². The van der Waals surface area contributed by atoms with Crippen LogP contribution in [-0.2, 0) is 16.6 Å². The van der Waals surface area contributed by atoms with Crippen LogP contribution < -0.4 is 4.72 Å². The number of hydrogen-bond donors (Lipinski definition) is 2. The van der Waals surface area contributed by atoms with Gasteiger partial charge < -0.3 is 14.4 Å². The third kappa shape index (κ3) is 4.06. The van der Waals surface area contributed by atoms with Crippen LogP contribution in [0, 0.1) is 6.92 Å². The first-order chi connectivity index (χ1) is 9.94. The SMILES string of the molecule is Cc1oc(CO)cc1S(=O)(=O)NCCN(C)C1CCCC1. The average molecular weight is 316 g/mol. The molecule has 0 unspecified atom stereocenters. The summed E-state index contributed by atoms with van der Waals surface area (Å²) in [6.45, 7) is 2.33. The van der Waals surface area contributed by atoms with E-state index in [2.05, 4.69) is 9.62 Å².